The molecule has 0 aromatic heterocycles. The molecule has 218 valence electrons. The molecular formula is C34H44N3O4+. The molecule has 5 rings (SSSR count). The maximum absolute atomic E-state index is 12.6. The molecule has 41 heavy (non-hydrogen) atoms. The van der Waals surface area contributed by atoms with Gasteiger partial charge in [-0.25, -0.2) is 4.79 Å². The highest BCUT2D eigenvalue weighted by atomic mass is 16.7. The lowest BCUT2D eigenvalue weighted by atomic mass is 9.81. The summed E-state index contributed by atoms with van der Waals surface area (Å²) in [7, 11) is 0. The molecule has 1 saturated heterocycles. The van der Waals surface area contributed by atoms with E-state index in [9.17, 15) is 14.4 Å². The largest absolute Gasteiger partial charge is 0.344 e. The zero-order chi connectivity index (χ0) is 27.9. The summed E-state index contributed by atoms with van der Waals surface area (Å²) < 4.78 is 2.14. The summed E-state index contributed by atoms with van der Waals surface area (Å²) in [5.74, 6) is -1.54. The summed E-state index contributed by atoms with van der Waals surface area (Å²) in [4.78, 5) is 43.9. The van der Waals surface area contributed by atoms with Crippen LogP contribution in [0.4, 0.5) is 11.4 Å². The number of anilines is 1. The normalized spacial score (nSPS) is 19.4. The number of para-hydroxylation sites is 2. The van der Waals surface area contributed by atoms with Crippen LogP contribution in [-0.4, -0.2) is 46.2 Å². The van der Waals surface area contributed by atoms with Gasteiger partial charge in [0, 0.05) is 53.9 Å². The number of amides is 2. The molecule has 3 heterocycles. The number of fused-ring (bicyclic) bond motifs is 2. The Kier molecular flexibility index (Phi) is 9.11. The molecule has 0 aliphatic carbocycles. The van der Waals surface area contributed by atoms with Gasteiger partial charge in [0.1, 0.15) is 6.42 Å². The SMILES string of the molecule is C.C.CCN1C(=CC=CC2=[N+](CCC(=O)ON3C(=O)CCC3=O)c3ccccc3C2(C)C)C(C)(C)c2ccccc21. The molecule has 2 aromatic rings. The molecule has 0 bridgehead atoms. The first-order valence-electron chi connectivity index (χ1n) is 13.6. The smallest absolute Gasteiger partial charge is 0.339 e. The van der Waals surface area contributed by atoms with Crippen molar-refractivity contribution in [3.8, 4) is 0 Å². The van der Waals surface area contributed by atoms with Crippen LogP contribution in [-0.2, 0) is 30.1 Å². The van der Waals surface area contributed by atoms with Crippen LogP contribution in [0.5, 0.6) is 0 Å². The van der Waals surface area contributed by atoms with E-state index in [1.165, 1.54) is 22.5 Å². The Hall–Kier alpha value is -4.00. The second-order valence-electron chi connectivity index (χ2n) is 11.3. The third-order valence-corrected chi connectivity index (χ3v) is 8.16. The van der Waals surface area contributed by atoms with E-state index in [1.807, 2.05) is 12.1 Å². The monoisotopic (exact) mass is 558 g/mol. The van der Waals surface area contributed by atoms with Gasteiger partial charge in [-0.1, -0.05) is 71.2 Å². The fourth-order valence-corrected chi connectivity index (χ4v) is 6.10. The number of carbonyl (C=O) groups is 3. The number of imide groups is 1. The summed E-state index contributed by atoms with van der Waals surface area (Å²) in [5, 5.41) is 0.613. The average molecular weight is 559 g/mol. The van der Waals surface area contributed by atoms with Crippen molar-refractivity contribution < 1.29 is 23.8 Å². The van der Waals surface area contributed by atoms with Gasteiger partial charge in [0.2, 0.25) is 5.69 Å². The van der Waals surface area contributed by atoms with Crippen molar-refractivity contribution in [3.05, 3.63) is 83.6 Å². The molecule has 0 radical (unpaired) electrons. The molecule has 3 aliphatic heterocycles. The highest BCUT2D eigenvalue weighted by molar-refractivity contribution is 6.03. The molecule has 0 atom stereocenters. The minimum absolute atomic E-state index is 0. The number of likely N-dealkylation sites (N-methyl/N-ethyl adjacent to an activating group) is 1. The van der Waals surface area contributed by atoms with Crippen molar-refractivity contribution in [1.29, 1.82) is 0 Å². The Labute approximate surface area is 244 Å². The first-order chi connectivity index (χ1) is 18.6. The van der Waals surface area contributed by atoms with E-state index < -0.39 is 17.8 Å². The lowest BCUT2D eigenvalue weighted by molar-refractivity contribution is -0.437. The Balaban J connectivity index is 0.00000231. The number of allylic oxidation sites excluding steroid dienone is 4. The van der Waals surface area contributed by atoms with Crippen LogP contribution >= 0.6 is 0 Å². The van der Waals surface area contributed by atoms with Crippen LogP contribution in [0, 0.1) is 0 Å². The molecular weight excluding hydrogens is 514 g/mol. The summed E-state index contributed by atoms with van der Waals surface area (Å²) >= 11 is 0. The van der Waals surface area contributed by atoms with Crippen LogP contribution in [0.3, 0.4) is 0 Å². The van der Waals surface area contributed by atoms with E-state index in [0.717, 1.165) is 17.9 Å². The van der Waals surface area contributed by atoms with Crippen molar-refractivity contribution in [2.45, 2.75) is 79.6 Å². The van der Waals surface area contributed by atoms with Crippen LogP contribution < -0.4 is 4.90 Å². The van der Waals surface area contributed by atoms with Crippen molar-refractivity contribution in [2.24, 2.45) is 0 Å². The fraction of sp³-hybridized carbons (Fsp3) is 0.412. The van der Waals surface area contributed by atoms with Crippen molar-refractivity contribution >= 4 is 34.9 Å². The topological polar surface area (TPSA) is 69.9 Å². The second-order valence-corrected chi connectivity index (χ2v) is 11.3. The van der Waals surface area contributed by atoms with Crippen molar-refractivity contribution in [2.75, 3.05) is 18.0 Å². The molecule has 7 nitrogen and oxygen atoms in total. The van der Waals surface area contributed by atoms with Crippen molar-refractivity contribution in [1.82, 2.24) is 5.06 Å². The van der Waals surface area contributed by atoms with Gasteiger partial charge < -0.3 is 9.74 Å². The molecule has 2 aromatic carbocycles. The van der Waals surface area contributed by atoms with Gasteiger partial charge in [0.05, 0.1) is 5.41 Å². The molecule has 0 saturated carbocycles. The van der Waals surface area contributed by atoms with Crippen molar-refractivity contribution in [3.63, 3.8) is 0 Å². The van der Waals surface area contributed by atoms with Gasteiger partial charge in [-0.15, -0.1) is 5.06 Å². The molecule has 2 amide bonds. The quantitative estimate of drug-likeness (QED) is 0.283. The Morgan fingerprint density at radius 2 is 1.54 bits per heavy atom. The van der Waals surface area contributed by atoms with Gasteiger partial charge >= 0.3 is 5.97 Å². The number of carbonyl (C=O) groups excluding carboxylic acids is 3. The standard InChI is InChI=1S/C32H36N3O4.2CH4/c1-6-33-24-14-9-7-12-22(24)31(2,3)26(33)16-11-17-27-32(4,5)23-13-8-10-15-25(23)34(27)21-20-30(38)39-35-28(36)18-19-29(35)37;;/h7-17H,6,18-21H2,1-5H3;2*1H4/q+1;;. The number of hydrogen-bond donors (Lipinski definition) is 0. The van der Waals surface area contributed by atoms with E-state index in [2.05, 4.69) is 98.7 Å². The molecule has 0 unspecified atom stereocenters. The van der Waals surface area contributed by atoms with Gasteiger partial charge in [-0.3, -0.25) is 9.59 Å². The highest BCUT2D eigenvalue weighted by Crippen LogP contribution is 2.47. The summed E-state index contributed by atoms with van der Waals surface area (Å²) in [5.41, 5.74) is 6.70. The first-order valence-corrected chi connectivity index (χ1v) is 13.6. The van der Waals surface area contributed by atoms with Crippen LogP contribution in [0.15, 0.2) is 72.5 Å². The predicted octanol–water partition coefficient (Wildman–Crippen LogP) is 6.59. The summed E-state index contributed by atoms with van der Waals surface area (Å²) in [6, 6.07) is 16.8. The average Bonchev–Trinajstić information content (AvgIpc) is 3.43. The predicted molar refractivity (Wildman–Crippen MR) is 164 cm³/mol. The van der Waals surface area contributed by atoms with E-state index in [4.69, 9.17) is 4.84 Å². The second kappa shape index (κ2) is 11.9. The van der Waals surface area contributed by atoms with E-state index in [0.29, 0.717) is 11.6 Å². The van der Waals surface area contributed by atoms with Gasteiger partial charge in [0.25, 0.3) is 11.8 Å². The fourth-order valence-electron chi connectivity index (χ4n) is 6.10. The summed E-state index contributed by atoms with van der Waals surface area (Å²) in [6.07, 6.45) is 6.64. The molecule has 1 fully saturated rings. The van der Waals surface area contributed by atoms with Crippen LogP contribution in [0.1, 0.15) is 79.9 Å². The lowest BCUT2D eigenvalue weighted by Gasteiger charge is -2.25. The zero-order valence-electron chi connectivity index (χ0n) is 23.4. The number of hydrogen-bond acceptors (Lipinski definition) is 5. The Bertz CT molecular complexity index is 1430. The molecule has 7 heteroatoms. The van der Waals surface area contributed by atoms with Crippen LogP contribution in [0.25, 0.3) is 0 Å². The maximum Gasteiger partial charge on any atom is 0.339 e. The maximum atomic E-state index is 12.6. The third kappa shape index (κ3) is 5.37. The van der Waals surface area contributed by atoms with Gasteiger partial charge in [-0.2, -0.15) is 4.58 Å². The first kappa shape index (κ1) is 31.5. The highest BCUT2D eigenvalue weighted by Gasteiger charge is 2.44. The van der Waals surface area contributed by atoms with E-state index in [-0.39, 0.29) is 44.9 Å². The Morgan fingerprint density at radius 3 is 2.20 bits per heavy atom. The van der Waals surface area contributed by atoms with E-state index in [1.54, 1.807) is 0 Å². The number of rotatable bonds is 7. The number of nitrogens with zero attached hydrogens (tertiary/aromatic N) is 3. The molecule has 0 N–H and O–H groups in total. The van der Waals surface area contributed by atoms with E-state index >= 15 is 0 Å². The number of hydroxylamine groups is 2. The number of benzene rings is 2. The third-order valence-electron chi connectivity index (χ3n) is 8.16. The van der Waals surface area contributed by atoms with Crippen LogP contribution in [0.2, 0.25) is 0 Å². The minimum Gasteiger partial charge on any atom is -0.344 e. The zero-order valence-corrected chi connectivity index (χ0v) is 23.4. The Morgan fingerprint density at radius 1 is 0.927 bits per heavy atom. The minimum atomic E-state index is -0.602. The molecule has 3 aliphatic rings. The van der Waals surface area contributed by atoms with Gasteiger partial charge in [0.15, 0.2) is 12.3 Å². The summed E-state index contributed by atoms with van der Waals surface area (Å²) in [6.45, 7) is 12.3. The van der Waals surface area contributed by atoms with Gasteiger partial charge in [-0.05, 0) is 38.5 Å². The lowest BCUT2D eigenvalue weighted by Crippen LogP contribution is -2.33. The molecule has 0 spiro atoms.